The SMILES string of the molecule is C[C@H]1CNC[C@@H]1NC(=O)OC(C)(C)C.Cl. The minimum Gasteiger partial charge on any atom is -0.444 e. The molecule has 1 heterocycles. The van der Waals surface area contributed by atoms with Crippen molar-refractivity contribution in [3.8, 4) is 0 Å². The monoisotopic (exact) mass is 236 g/mol. The lowest BCUT2D eigenvalue weighted by Gasteiger charge is -2.22. The molecule has 0 aliphatic carbocycles. The maximum Gasteiger partial charge on any atom is 0.407 e. The summed E-state index contributed by atoms with van der Waals surface area (Å²) in [5.74, 6) is 0.475. The Labute approximate surface area is 97.5 Å². The third-order valence-corrected chi connectivity index (χ3v) is 2.22. The van der Waals surface area contributed by atoms with E-state index in [9.17, 15) is 4.79 Å². The van der Waals surface area contributed by atoms with Gasteiger partial charge in [-0.05, 0) is 33.2 Å². The van der Waals surface area contributed by atoms with Crippen LogP contribution in [0, 0.1) is 5.92 Å². The molecule has 90 valence electrons. The summed E-state index contributed by atoms with van der Waals surface area (Å²) in [6.45, 7) is 9.50. The van der Waals surface area contributed by atoms with Crippen LogP contribution in [0.25, 0.3) is 0 Å². The zero-order chi connectivity index (χ0) is 10.8. The minimum atomic E-state index is -0.417. The summed E-state index contributed by atoms with van der Waals surface area (Å²) in [5, 5.41) is 6.08. The van der Waals surface area contributed by atoms with Crippen LogP contribution in [0.1, 0.15) is 27.7 Å². The summed E-state index contributed by atoms with van der Waals surface area (Å²) < 4.78 is 5.17. The molecule has 15 heavy (non-hydrogen) atoms. The Morgan fingerprint density at radius 2 is 2.00 bits per heavy atom. The van der Waals surface area contributed by atoms with E-state index in [-0.39, 0.29) is 24.5 Å². The molecular formula is C10H21ClN2O2. The van der Waals surface area contributed by atoms with Crippen LogP contribution in [0.15, 0.2) is 0 Å². The second kappa shape index (κ2) is 5.56. The van der Waals surface area contributed by atoms with Gasteiger partial charge in [0.25, 0.3) is 0 Å². The molecule has 0 aromatic rings. The standard InChI is InChI=1S/C10H20N2O2.ClH/c1-7-5-11-6-8(7)12-9(13)14-10(2,3)4;/h7-8,11H,5-6H2,1-4H3,(H,12,13);1H/t7-,8-;/m0./s1. The zero-order valence-electron chi connectivity index (χ0n) is 9.79. The third-order valence-electron chi connectivity index (χ3n) is 2.22. The van der Waals surface area contributed by atoms with E-state index in [1.54, 1.807) is 0 Å². The van der Waals surface area contributed by atoms with Gasteiger partial charge in [-0.2, -0.15) is 0 Å². The molecule has 0 bridgehead atoms. The lowest BCUT2D eigenvalue weighted by molar-refractivity contribution is 0.0499. The molecule has 0 spiro atoms. The van der Waals surface area contributed by atoms with Gasteiger partial charge in [0.05, 0.1) is 0 Å². The summed E-state index contributed by atoms with van der Waals surface area (Å²) in [6.07, 6.45) is -0.321. The van der Waals surface area contributed by atoms with Gasteiger partial charge in [0.2, 0.25) is 0 Å². The number of ether oxygens (including phenoxy) is 1. The minimum absolute atomic E-state index is 0. The number of rotatable bonds is 1. The summed E-state index contributed by atoms with van der Waals surface area (Å²) in [4.78, 5) is 11.4. The highest BCUT2D eigenvalue weighted by molar-refractivity contribution is 5.85. The summed E-state index contributed by atoms with van der Waals surface area (Å²) >= 11 is 0. The van der Waals surface area contributed by atoms with Gasteiger partial charge in [-0.25, -0.2) is 4.79 Å². The van der Waals surface area contributed by atoms with E-state index >= 15 is 0 Å². The number of nitrogens with one attached hydrogen (secondary N) is 2. The fourth-order valence-corrected chi connectivity index (χ4v) is 1.46. The molecule has 0 aromatic heterocycles. The quantitative estimate of drug-likeness (QED) is 0.726. The Bertz CT molecular complexity index is 216. The molecule has 1 fully saturated rings. The number of hydrogen-bond donors (Lipinski definition) is 2. The molecule has 2 atom stereocenters. The number of carbonyl (C=O) groups is 1. The Morgan fingerprint density at radius 3 is 2.40 bits per heavy atom. The topological polar surface area (TPSA) is 50.4 Å². The fourth-order valence-electron chi connectivity index (χ4n) is 1.46. The second-order valence-electron chi connectivity index (χ2n) is 4.89. The molecule has 0 aromatic carbocycles. The van der Waals surface area contributed by atoms with Crippen LogP contribution in [0.3, 0.4) is 0 Å². The van der Waals surface area contributed by atoms with Crippen LogP contribution in [-0.4, -0.2) is 30.8 Å². The van der Waals surface area contributed by atoms with Gasteiger partial charge in [0, 0.05) is 12.6 Å². The summed E-state index contributed by atoms with van der Waals surface area (Å²) in [5.41, 5.74) is -0.417. The highest BCUT2D eigenvalue weighted by Gasteiger charge is 2.26. The van der Waals surface area contributed by atoms with E-state index in [0.29, 0.717) is 5.92 Å². The maximum absolute atomic E-state index is 11.4. The maximum atomic E-state index is 11.4. The second-order valence-corrected chi connectivity index (χ2v) is 4.89. The average molecular weight is 237 g/mol. The predicted octanol–water partition coefficient (Wildman–Crippen LogP) is 1.54. The summed E-state index contributed by atoms with van der Waals surface area (Å²) in [7, 11) is 0. The first-order chi connectivity index (χ1) is 6.38. The predicted molar refractivity (Wildman–Crippen MR) is 62.4 cm³/mol. The lowest BCUT2D eigenvalue weighted by Crippen LogP contribution is -2.42. The third kappa shape index (κ3) is 5.23. The van der Waals surface area contributed by atoms with Crippen LogP contribution < -0.4 is 10.6 Å². The highest BCUT2D eigenvalue weighted by atomic mass is 35.5. The van der Waals surface area contributed by atoms with E-state index in [1.165, 1.54) is 0 Å². The van der Waals surface area contributed by atoms with E-state index in [0.717, 1.165) is 13.1 Å². The number of hydrogen-bond acceptors (Lipinski definition) is 3. The molecule has 1 saturated heterocycles. The Balaban J connectivity index is 0.00000196. The van der Waals surface area contributed by atoms with Crippen molar-refractivity contribution in [1.29, 1.82) is 0 Å². The smallest absolute Gasteiger partial charge is 0.407 e. The number of carbonyl (C=O) groups excluding carboxylic acids is 1. The summed E-state index contributed by atoms with van der Waals surface area (Å²) in [6, 6.07) is 0.199. The van der Waals surface area contributed by atoms with Crippen LogP contribution in [0.5, 0.6) is 0 Å². The molecule has 4 nitrogen and oxygen atoms in total. The molecular weight excluding hydrogens is 216 g/mol. The molecule has 5 heteroatoms. The Kier molecular flexibility index (Phi) is 5.38. The Hall–Kier alpha value is -0.480. The van der Waals surface area contributed by atoms with Gasteiger partial charge in [0.15, 0.2) is 0 Å². The van der Waals surface area contributed by atoms with Crippen molar-refractivity contribution in [2.75, 3.05) is 13.1 Å². The van der Waals surface area contributed by atoms with Gasteiger partial charge in [0.1, 0.15) is 5.60 Å². The number of amides is 1. The van der Waals surface area contributed by atoms with E-state index < -0.39 is 5.60 Å². The van der Waals surface area contributed by atoms with E-state index in [4.69, 9.17) is 4.74 Å². The average Bonchev–Trinajstić information content (AvgIpc) is 2.32. The van der Waals surface area contributed by atoms with Crippen molar-refractivity contribution >= 4 is 18.5 Å². The fraction of sp³-hybridized carbons (Fsp3) is 0.900. The van der Waals surface area contributed by atoms with Crippen molar-refractivity contribution in [3.05, 3.63) is 0 Å². The normalized spacial score (nSPS) is 25.6. The van der Waals surface area contributed by atoms with Crippen molar-refractivity contribution < 1.29 is 9.53 Å². The van der Waals surface area contributed by atoms with Crippen LogP contribution >= 0.6 is 12.4 Å². The molecule has 1 aliphatic rings. The van der Waals surface area contributed by atoms with Gasteiger partial charge in [-0.15, -0.1) is 12.4 Å². The molecule has 1 amide bonds. The largest absolute Gasteiger partial charge is 0.444 e. The Morgan fingerprint density at radius 1 is 1.40 bits per heavy atom. The molecule has 0 unspecified atom stereocenters. The molecule has 1 rings (SSSR count). The van der Waals surface area contributed by atoms with Gasteiger partial charge < -0.3 is 15.4 Å². The highest BCUT2D eigenvalue weighted by Crippen LogP contribution is 2.10. The molecule has 1 aliphatic heterocycles. The lowest BCUT2D eigenvalue weighted by atomic mass is 10.1. The molecule has 2 N–H and O–H groups in total. The van der Waals surface area contributed by atoms with Gasteiger partial charge >= 0.3 is 6.09 Å². The zero-order valence-corrected chi connectivity index (χ0v) is 10.6. The first-order valence-corrected chi connectivity index (χ1v) is 5.09. The van der Waals surface area contributed by atoms with Crippen LogP contribution in [-0.2, 0) is 4.74 Å². The van der Waals surface area contributed by atoms with Crippen molar-refractivity contribution in [2.45, 2.75) is 39.3 Å². The van der Waals surface area contributed by atoms with Crippen molar-refractivity contribution in [3.63, 3.8) is 0 Å². The molecule has 0 saturated carbocycles. The molecule has 0 radical (unpaired) electrons. The number of halogens is 1. The van der Waals surface area contributed by atoms with Crippen LogP contribution in [0.2, 0.25) is 0 Å². The van der Waals surface area contributed by atoms with Crippen molar-refractivity contribution in [1.82, 2.24) is 10.6 Å². The van der Waals surface area contributed by atoms with Gasteiger partial charge in [-0.3, -0.25) is 0 Å². The van der Waals surface area contributed by atoms with E-state index in [1.807, 2.05) is 20.8 Å². The first kappa shape index (κ1) is 14.5. The number of alkyl carbamates (subject to hydrolysis) is 1. The first-order valence-electron chi connectivity index (χ1n) is 5.09. The van der Waals surface area contributed by atoms with E-state index in [2.05, 4.69) is 17.6 Å². The van der Waals surface area contributed by atoms with Crippen LogP contribution in [0.4, 0.5) is 4.79 Å². The van der Waals surface area contributed by atoms with Crippen molar-refractivity contribution in [2.24, 2.45) is 5.92 Å². The van der Waals surface area contributed by atoms with Gasteiger partial charge in [-0.1, -0.05) is 6.92 Å².